The smallest absolute Gasteiger partial charge is 0.193 e. The maximum Gasteiger partial charge on any atom is 0.193 e. The number of ether oxygens (including phenoxy) is 2. The molecule has 4 aromatic rings. The van der Waals surface area contributed by atoms with Gasteiger partial charge in [-0.3, -0.25) is 9.59 Å². The van der Waals surface area contributed by atoms with Crippen LogP contribution < -0.4 is 9.47 Å². The first-order valence-corrected chi connectivity index (χ1v) is 18.4. The van der Waals surface area contributed by atoms with Gasteiger partial charge in [0.15, 0.2) is 11.6 Å². The van der Waals surface area contributed by atoms with E-state index in [0.717, 1.165) is 48.4 Å². The second kappa shape index (κ2) is 28.8. The van der Waals surface area contributed by atoms with Gasteiger partial charge in [0.2, 0.25) is 0 Å². The first-order valence-electron chi connectivity index (χ1n) is 18.4. The molecule has 0 aliphatic carbocycles. The van der Waals surface area contributed by atoms with E-state index < -0.39 is 0 Å². The van der Waals surface area contributed by atoms with Crippen LogP contribution in [0.15, 0.2) is 109 Å². The normalized spacial score (nSPS) is 10.0. The highest BCUT2D eigenvalue weighted by Crippen LogP contribution is 2.17. The Morgan fingerprint density at radius 1 is 0.604 bits per heavy atom. The third-order valence-electron chi connectivity index (χ3n) is 7.75. The molecule has 0 aliphatic heterocycles. The lowest BCUT2D eigenvalue weighted by Crippen LogP contribution is -2.41. The number of rotatable bonds is 17. The molecule has 0 amide bonds. The highest BCUT2D eigenvalue weighted by molar-refractivity contribution is 6.09. The lowest BCUT2D eigenvalue weighted by molar-refractivity contribution is -0.890. The Kier molecular flexibility index (Phi) is 26.2. The van der Waals surface area contributed by atoms with E-state index in [2.05, 4.69) is 53.9 Å². The summed E-state index contributed by atoms with van der Waals surface area (Å²) in [5.41, 5.74) is 2.80. The molecule has 0 N–H and O–H groups in total. The van der Waals surface area contributed by atoms with Crippen LogP contribution in [-0.4, -0.2) is 82.0 Å². The lowest BCUT2D eigenvalue weighted by atomic mass is 10.0. The van der Waals surface area contributed by atoms with E-state index in [1.807, 2.05) is 109 Å². The summed E-state index contributed by atoms with van der Waals surface area (Å²) in [5, 5.41) is 7.32. The number of carbonyl (C=O) groups excluding carboxylic acids is 2. The van der Waals surface area contributed by atoms with Crippen LogP contribution in [0.2, 0.25) is 0 Å². The van der Waals surface area contributed by atoms with Crippen molar-refractivity contribution in [1.29, 1.82) is 5.26 Å². The molecule has 0 unspecified atom stereocenters. The molecular weight excluding hydrogens is 659 g/mol. The molecule has 0 spiro atoms. The van der Waals surface area contributed by atoms with E-state index in [9.17, 15) is 9.59 Å². The standard InChI is InChI=1S/C21H28NO2.C17H18O2.C5H13N.C2H3N.CH3/c1-4-15-22(2,3)16-8-17-24-20-13-11-19(12-14-20)21(23)18-9-6-5-7-10-18;1-2-3-13-19-16-11-9-15(10-12-16)17(18)14-7-5-4-6-8-14;1-4-5-6(2)3;1-2-3;/h5-7,9-14H,4,8,15-17H2,1-3H3;4-12H,2-3,13H2,1H3;4-5H2,1-3H3;1H3;1H3/q+1;;;;-1. The predicted octanol–water partition coefficient (Wildman–Crippen LogP) is 10.2. The minimum atomic E-state index is 0. The average Bonchev–Trinajstić information content (AvgIpc) is 3.15. The molecule has 7 nitrogen and oxygen atoms in total. The fourth-order valence-electron chi connectivity index (χ4n) is 5.10. The number of carbonyl (C=O) groups is 2. The number of benzene rings is 4. The SMILES string of the molecule is CC#N.CCCCOc1ccc(C(=O)c2ccccc2)cc1.CCCN(C)C.CCC[N+](C)(C)CCCOc1ccc(C(=O)c2ccccc2)cc1.[CH3-]. The zero-order valence-corrected chi connectivity index (χ0v) is 33.9. The van der Waals surface area contributed by atoms with Crippen molar-refractivity contribution in [3.05, 3.63) is 139 Å². The number of nitriles is 1. The molecule has 53 heavy (non-hydrogen) atoms. The number of ketones is 2. The van der Waals surface area contributed by atoms with Crippen LogP contribution >= 0.6 is 0 Å². The summed E-state index contributed by atoms with van der Waals surface area (Å²) in [4.78, 5) is 26.7. The lowest BCUT2D eigenvalue weighted by Gasteiger charge is -2.29. The van der Waals surface area contributed by atoms with Gasteiger partial charge in [-0.05, 0) is 88.4 Å². The molecule has 0 aliphatic rings. The van der Waals surface area contributed by atoms with E-state index >= 15 is 0 Å². The van der Waals surface area contributed by atoms with E-state index in [0.29, 0.717) is 28.9 Å². The third-order valence-corrected chi connectivity index (χ3v) is 7.75. The minimum Gasteiger partial charge on any atom is -0.494 e. The summed E-state index contributed by atoms with van der Waals surface area (Å²) in [6.45, 7) is 12.9. The Morgan fingerprint density at radius 2 is 0.981 bits per heavy atom. The average molecular weight is 724 g/mol. The summed E-state index contributed by atoms with van der Waals surface area (Å²) in [6.07, 6.45) is 5.64. The maximum absolute atomic E-state index is 12.3. The van der Waals surface area contributed by atoms with Gasteiger partial charge in [-0.2, -0.15) is 5.26 Å². The molecule has 7 heteroatoms. The van der Waals surface area contributed by atoms with Crippen LogP contribution in [0.5, 0.6) is 11.5 Å². The van der Waals surface area contributed by atoms with Crippen LogP contribution in [0, 0.1) is 18.8 Å². The molecule has 0 radical (unpaired) electrons. The highest BCUT2D eigenvalue weighted by Gasteiger charge is 2.13. The monoisotopic (exact) mass is 723 g/mol. The zero-order valence-electron chi connectivity index (χ0n) is 33.9. The fraction of sp³-hybridized carbons (Fsp3) is 0.391. The van der Waals surface area contributed by atoms with Crippen molar-refractivity contribution in [2.45, 2.75) is 59.8 Å². The number of nitrogens with zero attached hydrogens (tertiary/aromatic N) is 3. The van der Waals surface area contributed by atoms with Gasteiger partial charge in [-0.25, -0.2) is 0 Å². The van der Waals surface area contributed by atoms with Gasteiger partial charge < -0.3 is 26.3 Å². The van der Waals surface area contributed by atoms with Crippen molar-refractivity contribution < 1.29 is 23.5 Å². The quantitative estimate of drug-likeness (QED) is 0.0467. The molecule has 0 bridgehead atoms. The second-order valence-electron chi connectivity index (χ2n) is 13.3. The first-order chi connectivity index (χ1) is 25.0. The zero-order chi connectivity index (χ0) is 38.6. The van der Waals surface area contributed by atoms with E-state index in [1.165, 1.54) is 32.9 Å². The molecule has 0 heterocycles. The Balaban J connectivity index is 0.000000830. The fourth-order valence-corrected chi connectivity index (χ4v) is 5.10. The van der Waals surface area contributed by atoms with E-state index in [4.69, 9.17) is 14.7 Å². The molecule has 0 aromatic heterocycles. The summed E-state index contributed by atoms with van der Waals surface area (Å²) in [5.74, 6) is 1.72. The maximum atomic E-state index is 12.3. The molecule has 288 valence electrons. The van der Waals surface area contributed by atoms with Crippen molar-refractivity contribution in [2.75, 3.05) is 61.0 Å². The number of hydrogen-bond acceptors (Lipinski definition) is 6. The number of quaternary nitrogens is 1. The Hall–Kier alpha value is -4.77. The summed E-state index contributed by atoms with van der Waals surface area (Å²) >= 11 is 0. The number of hydrogen-bond donors (Lipinski definition) is 0. The Bertz CT molecular complexity index is 1550. The minimum absolute atomic E-state index is 0. The van der Waals surface area contributed by atoms with Gasteiger partial charge >= 0.3 is 0 Å². The topological polar surface area (TPSA) is 79.6 Å². The van der Waals surface area contributed by atoms with Crippen LogP contribution in [0.25, 0.3) is 0 Å². The van der Waals surface area contributed by atoms with Crippen LogP contribution in [0.1, 0.15) is 91.6 Å². The molecule has 0 saturated heterocycles. The van der Waals surface area contributed by atoms with Gasteiger partial charge in [-0.1, -0.05) is 87.9 Å². The van der Waals surface area contributed by atoms with Crippen LogP contribution in [-0.2, 0) is 0 Å². The van der Waals surface area contributed by atoms with E-state index in [1.54, 1.807) is 6.07 Å². The largest absolute Gasteiger partial charge is 0.494 e. The van der Waals surface area contributed by atoms with Crippen LogP contribution in [0.4, 0.5) is 0 Å². The molecule has 4 aromatic carbocycles. The van der Waals surface area contributed by atoms with E-state index in [-0.39, 0.29) is 19.0 Å². The van der Waals surface area contributed by atoms with Crippen molar-refractivity contribution >= 4 is 11.6 Å². The molecule has 0 saturated carbocycles. The Labute approximate surface area is 321 Å². The summed E-state index contributed by atoms with van der Waals surface area (Å²) in [7, 11) is 8.69. The third kappa shape index (κ3) is 21.4. The molecule has 4 rings (SSSR count). The molecule has 0 atom stereocenters. The van der Waals surface area contributed by atoms with Crippen molar-refractivity contribution in [3.8, 4) is 17.6 Å². The predicted molar refractivity (Wildman–Crippen MR) is 222 cm³/mol. The number of unbranched alkanes of at least 4 members (excludes halogenated alkanes) is 1. The van der Waals surface area contributed by atoms with Gasteiger partial charge in [0.1, 0.15) is 11.5 Å². The van der Waals surface area contributed by atoms with Gasteiger partial charge in [0.05, 0.1) is 46.5 Å². The molecule has 0 fully saturated rings. The second-order valence-corrected chi connectivity index (χ2v) is 13.3. The highest BCUT2D eigenvalue weighted by atomic mass is 16.5. The van der Waals surface area contributed by atoms with Gasteiger partial charge in [-0.15, -0.1) is 0 Å². The van der Waals surface area contributed by atoms with Crippen molar-refractivity contribution in [2.24, 2.45) is 0 Å². The summed E-state index contributed by atoms with van der Waals surface area (Å²) < 4.78 is 12.4. The Morgan fingerprint density at radius 3 is 1.30 bits per heavy atom. The summed E-state index contributed by atoms with van der Waals surface area (Å²) in [6, 6.07) is 35.2. The first kappa shape index (κ1) is 48.2. The van der Waals surface area contributed by atoms with Crippen molar-refractivity contribution in [3.63, 3.8) is 0 Å². The molecular formula is C46H65N3O4. The van der Waals surface area contributed by atoms with Gasteiger partial charge in [0.25, 0.3) is 0 Å². The van der Waals surface area contributed by atoms with Crippen LogP contribution in [0.3, 0.4) is 0 Å². The van der Waals surface area contributed by atoms with Gasteiger partial charge in [0, 0.05) is 35.6 Å². The van der Waals surface area contributed by atoms with Crippen molar-refractivity contribution in [1.82, 2.24) is 4.90 Å².